The summed E-state index contributed by atoms with van der Waals surface area (Å²) in [7, 11) is 0. The Labute approximate surface area is 129 Å². The average molecular weight is 288 g/mol. The summed E-state index contributed by atoms with van der Waals surface area (Å²) in [5.41, 5.74) is 1.17. The number of ether oxygens (including phenoxy) is 1. The van der Waals surface area contributed by atoms with Gasteiger partial charge in [-0.15, -0.1) is 0 Å². The van der Waals surface area contributed by atoms with E-state index in [0.717, 1.165) is 18.8 Å². The maximum Gasteiger partial charge on any atom is 0.330 e. The Morgan fingerprint density at radius 2 is 1.81 bits per heavy atom. The maximum absolute atomic E-state index is 10.6. The number of benzene rings is 1. The molecule has 0 aliphatic heterocycles. The first-order valence-corrected chi connectivity index (χ1v) is 7.56. The van der Waals surface area contributed by atoms with Gasteiger partial charge in [-0.25, -0.2) is 4.79 Å². The van der Waals surface area contributed by atoms with Crippen molar-refractivity contribution in [3.63, 3.8) is 0 Å². The number of rotatable bonds is 8. The molecule has 1 rings (SSSR count). The van der Waals surface area contributed by atoms with Crippen LogP contribution < -0.4 is 0 Å². The van der Waals surface area contributed by atoms with Gasteiger partial charge in [0, 0.05) is 6.08 Å². The van der Waals surface area contributed by atoms with Crippen LogP contribution in [0.1, 0.15) is 45.1 Å². The van der Waals surface area contributed by atoms with Crippen LogP contribution in [-0.4, -0.2) is 12.6 Å². The van der Waals surface area contributed by atoms with E-state index in [1.54, 1.807) is 0 Å². The van der Waals surface area contributed by atoms with E-state index < -0.39 is 0 Å². The SMILES string of the molecule is C=CC(=O)OCCCCCC(C)C.C=Cc1ccccc1. The van der Waals surface area contributed by atoms with Gasteiger partial charge in [-0.05, 0) is 17.9 Å². The molecule has 1 aromatic rings. The van der Waals surface area contributed by atoms with E-state index in [9.17, 15) is 4.79 Å². The summed E-state index contributed by atoms with van der Waals surface area (Å²) < 4.78 is 4.84. The van der Waals surface area contributed by atoms with Gasteiger partial charge in [0.15, 0.2) is 0 Å². The van der Waals surface area contributed by atoms with E-state index in [0.29, 0.717) is 6.61 Å². The predicted octanol–water partition coefficient (Wildman–Crippen LogP) is 5.26. The molecule has 2 heteroatoms. The van der Waals surface area contributed by atoms with Crippen molar-refractivity contribution in [1.29, 1.82) is 0 Å². The summed E-state index contributed by atoms with van der Waals surface area (Å²) in [4.78, 5) is 10.6. The molecule has 0 aliphatic carbocycles. The number of carbonyl (C=O) groups excluding carboxylic acids is 1. The fourth-order valence-corrected chi connectivity index (χ4v) is 1.65. The van der Waals surface area contributed by atoms with Crippen molar-refractivity contribution < 1.29 is 9.53 Å². The molecule has 21 heavy (non-hydrogen) atoms. The van der Waals surface area contributed by atoms with Crippen LogP contribution in [0.25, 0.3) is 6.08 Å². The van der Waals surface area contributed by atoms with Gasteiger partial charge >= 0.3 is 5.97 Å². The van der Waals surface area contributed by atoms with Crippen molar-refractivity contribution in [2.45, 2.75) is 39.5 Å². The highest BCUT2D eigenvalue weighted by Crippen LogP contribution is 2.07. The largest absolute Gasteiger partial charge is 0.463 e. The third-order valence-corrected chi connectivity index (χ3v) is 2.87. The van der Waals surface area contributed by atoms with Crippen molar-refractivity contribution in [3.8, 4) is 0 Å². The molecular weight excluding hydrogens is 260 g/mol. The Balaban J connectivity index is 0.000000423. The zero-order chi connectivity index (χ0) is 15.9. The molecule has 0 fully saturated rings. The van der Waals surface area contributed by atoms with Crippen LogP contribution in [-0.2, 0) is 9.53 Å². The Kier molecular flexibility index (Phi) is 12.0. The van der Waals surface area contributed by atoms with Gasteiger partial charge in [0.25, 0.3) is 0 Å². The van der Waals surface area contributed by atoms with Crippen LogP contribution in [0.5, 0.6) is 0 Å². The lowest BCUT2D eigenvalue weighted by molar-refractivity contribution is -0.137. The molecule has 0 aliphatic rings. The molecule has 2 nitrogen and oxygen atoms in total. The number of unbranched alkanes of at least 4 members (excludes halogenated alkanes) is 2. The fraction of sp³-hybridized carbons (Fsp3) is 0.421. The number of carbonyl (C=O) groups is 1. The molecule has 0 spiro atoms. The van der Waals surface area contributed by atoms with Gasteiger partial charge in [0.2, 0.25) is 0 Å². The van der Waals surface area contributed by atoms with Gasteiger partial charge in [-0.3, -0.25) is 0 Å². The smallest absolute Gasteiger partial charge is 0.330 e. The van der Waals surface area contributed by atoms with Crippen LogP contribution in [0.4, 0.5) is 0 Å². The monoisotopic (exact) mass is 288 g/mol. The van der Waals surface area contributed by atoms with E-state index >= 15 is 0 Å². The molecule has 0 saturated carbocycles. The van der Waals surface area contributed by atoms with Crippen LogP contribution >= 0.6 is 0 Å². The maximum atomic E-state index is 10.6. The standard InChI is InChI=1S/C11H20O2.C8H8/c1-4-11(12)13-9-7-5-6-8-10(2)3;1-2-8-6-4-3-5-7-8/h4,10H,1,5-9H2,2-3H3;2-7H,1H2. The summed E-state index contributed by atoms with van der Waals surface area (Å²) in [6.45, 7) is 11.9. The third-order valence-electron chi connectivity index (χ3n) is 2.87. The van der Waals surface area contributed by atoms with E-state index in [1.807, 2.05) is 36.4 Å². The molecule has 1 aromatic carbocycles. The number of hydrogen-bond donors (Lipinski definition) is 0. The molecule has 0 heterocycles. The fourth-order valence-electron chi connectivity index (χ4n) is 1.65. The molecule has 0 radical (unpaired) electrons. The lowest BCUT2D eigenvalue weighted by Crippen LogP contribution is -2.01. The van der Waals surface area contributed by atoms with Gasteiger partial charge in [0.1, 0.15) is 0 Å². The molecule has 0 N–H and O–H groups in total. The number of hydrogen-bond acceptors (Lipinski definition) is 2. The van der Waals surface area contributed by atoms with Gasteiger partial charge in [0.05, 0.1) is 6.61 Å². The van der Waals surface area contributed by atoms with Gasteiger partial charge in [-0.1, -0.05) is 82.7 Å². The molecule has 0 unspecified atom stereocenters. The quantitative estimate of drug-likeness (QED) is 0.370. The molecule has 0 aromatic heterocycles. The van der Waals surface area contributed by atoms with E-state index in [-0.39, 0.29) is 5.97 Å². The van der Waals surface area contributed by atoms with Gasteiger partial charge < -0.3 is 4.74 Å². The molecule has 116 valence electrons. The zero-order valence-electron chi connectivity index (χ0n) is 13.4. The van der Waals surface area contributed by atoms with Crippen molar-refractivity contribution in [3.05, 3.63) is 55.1 Å². The van der Waals surface area contributed by atoms with Crippen molar-refractivity contribution >= 4 is 12.0 Å². The predicted molar refractivity (Wildman–Crippen MR) is 91.0 cm³/mol. The molecular formula is C19H28O2. The number of esters is 1. The lowest BCUT2D eigenvalue weighted by atomic mass is 10.1. The summed E-state index contributed by atoms with van der Waals surface area (Å²) in [6.07, 6.45) is 7.63. The summed E-state index contributed by atoms with van der Waals surface area (Å²) in [6, 6.07) is 10.0. The average Bonchev–Trinajstić information content (AvgIpc) is 2.51. The first-order chi connectivity index (χ1) is 10.1. The second-order valence-corrected chi connectivity index (χ2v) is 5.23. The van der Waals surface area contributed by atoms with Crippen LogP contribution in [0.15, 0.2) is 49.6 Å². The zero-order valence-corrected chi connectivity index (χ0v) is 13.4. The first kappa shape index (κ1) is 19.2. The summed E-state index contributed by atoms with van der Waals surface area (Å²) in [5, 5.41) is 0. The lowest BCUT2D eigenvalue weighted by Gasteiger charge is -2.04. The Morgan fingerprint density at radius 1 is 1.14 bits per heavy atom. The van der Waals surface area contributed by atoms with E-state index in [4.69, 9.17) is 4.74 Å². The second kappa shape index (κ2) is 13.2. The minimum Gasteiger partial charge on any atom is -0.463 e. The van der Waals surface area contributed by atoms with Crippen LogP contribution in [0.3, 0.4) is 0 Å². The first-order valence-electron chi connectivity index (χ1n) is 7.56. The molecule has 0 bridgehead atoms. The molecule has 0 saturated heterocycles. The minimum absolute atomic E-state index is 0.316. The normalized spacial score (nSPS) is 9.48. The van der Waals surface area contributed by atoms with E-state index in [1.165, 1.54) is 24.5 Å². The molecule has 0 atom stereocenters. The van der Waals surface area contributed by atoms with Crippen molar-refractivity contribution in [2.24, 2.45) is 5.92 Å². The van der Waals surface area contributed by atoms with Gasteiger partial charge in [-0.2, -0.15) is 0 Å². The topological polar surface area (TPSA) is 26.3 Å². The highest BCUT2D eigenvalue weighted by atomic mass is 16.5. The molecule has 0 amide bonds. The van der Waals surface area contributed by atoms with Crippen molar-refractivity contribution in [1.82, 2.24) is 0 Å². The minimum atomic E-state index is -0.316. The third kappa shape index (κ3) is 12.9. The highest BCUT2D eigenvalue weighted by molar-refractivity contribution is 5.81. The van der Waals surface area contributed by atoms with E-state index in [2.05, 4.69) is 27.0 Å². The van der Waals surface area contributed by atoms with Crippen molar-refractivity contribution in [2.75, 3.05) is 6.61 Å². The Hall–Kier alpha value is -1.83. The summed E-state index contributed by atoms with van der Waals surface area (Å²) >= 11 is 0. The highest BCUT2D eigenvalue weighted by Gasteiger charge is 1.96. The Bertz CT molecular complexity index is 393. The summed E-state index contributed by atoms with van der Waals surface area (Å²) in [5.74, 6) is 0.458. The Morgan fingerprint density at radius 3 is 2.29 bits per heavy atom. The van der Waals surface area contributed by atoms with Crippen LogP contribution in [0.2, 0.25) is 0 Å². The van der Waals surface area contributed by atoms with Crippen LogP contribution in [0, 0.1) is 5.92 Å². The second-order valence-electron chi connectivity index (χ2n) is 5.23.